The molecule has 0 saturated heterocycles. The molecule has 0 radical (unpaired) electrons. The van der Waals surface area contributed by atoms with Crippen LogP contribution in [0.4, 0.5) is 0 Å². The predicted octanol–water partition coefficient (Wildman–Crippen LogP) is 0.979. The van der Waals surface area contributed by atoms with Gasteiger partial charge in [-0.15, -0.1) is 0 Å². The van der Waals surface area contributed by atoms with Crippen LogP contribution >= 0.6 is 0 Å². The Labute approximate surface area is 97.4 Å². The molecule has 0 aromatic heterocycles. The normalized spacial score (nSPS) is 9.82. The first kappa shape index (κ1) is 12.8. The first-order valence-electron chi connectivity index (χ1n) is 4.66. The van der Waals surface area contributed by atoms with Gasteiger partial charge in [-0.1, -0.05) is 0 Å². The second-order valence-corrected chi connectivity index (χ2v) is 3.29. The first-order chi connectivity index (χ1) is 7.93. The van der Waals surface area contributed by atoms with E-state index >= 15 is 0 Å². The molecule has 2 N–H and O–H groups in total. The summed E-state index contributed by atoms with van der Waals surface area (Å²) < 4.78 is 8.87. The second-order valence-electron chi connectivity index (χ2n) is 3.29. The van der Waals surface area contributed by atoms with Gasteiger partial charge in [-0.2, -0.15) is 0 Å². The molecule has 0 atom stereocenters. The standard InChI is InChI=1S/C11H12O6/c1-5-4-6(12)7(10(14)16-2)8(9(5)13)11(15)17-3/h4,12-13H,1-3H3. The zero-order valence-electron chi connectivity index (χ0n) is 9.60. The number of ether oxygens (including phenoxy) is 2. The molecule has 0 aliphatic heterocycles. The molecule has 6 heteroatoms. The van der Waals surface area contributed by atoms with Crippen molar-refractivity contribution in [3.05, 3.63) is 22.8 Å². The molecule has 1 aromatic rings. The van der Waals surface area contributed by atoms with Gasteiger partial charge >= 0.3 is 11.9 Å². The summed E-state index contributed by atoms with van der Waals surface area (Å²) in [4.78, 5) is 22.9. The fourth-order valence-electron chi connectivity index (χ4n) is 1.40. The van der Waals surface area contributed by atoms with E-state index in [-0.39, 0.29) is 5.56 Å². The van der Waals surface area contributed by atoms with Crippen LogP contribution in [-0.2, 0) is 9.47 Å². The van der Waals surface area contributed by atoms with E-state index in [2.05, 4.69) is 9.47 Å². The Bertz CT molecular complexity index is 477. The van der Waals surface area contributed by atoms with Crippen LogP contribution in [0.15, 0.2) is 6.07 Å². The van der Waals surface area contributed by atoms with Crippen molar-refractivity contribution < 1.29 is 29.3 Å². The van der Waals surface area contributed by atoms with Gasteiger partial charge in [-0.3, -0.25) is 0 Å². The van der Waals surface area contributed by atoms with Crippen molar-refractivity contribution in [3.63, 3.8) is 0 Å². The number of carbonyl (C=O) groups is 2. The molecule has 0 spiro atoms. The molecule has 6 nitrogen and oxygen atoms in total. The maximum Gasteiger partial charge on any atom is 0.342 e. The summed E-state index contributed by atoms with van der Waals surface area (Å²) in [5.41, 5.74) is -0.574. The topological polar surface area (TPSA) is 93.1 Å². The van der Waals surface area contributed by atoms with Crippen molar-refractivity contribution in [2.45, 2.75) is 6.92 Å². The summed E-state index contributed by atoms with van der Waals surface area (Å²) in [6, 6.07) is 1.16. The number of carbonyl (C=O) groups excluding carboxylic acids is 2. The molecule has 1 rings (SSSR count). The molecule has 0 heterocycles. The number of hydrogen-bond donors (Lipinski definition) is 2. The molecule has 0 unspecified atom stereocenters. The molecule has 0 aliphatic rings. The highest BCUT2D eigenvalue weighted by molar-refractivity contribution is 6.07. The van der Waals surface area contributed by atoms with Crippen LogP contribution in [0.2, 0.25) is 0 Å². The maximum absolute atomic E-state index is 11.5. The molecular formula is C11H12O6. The molecule has 0 amide bonds. The minimum absolute atomic E-state index is 0.246. The van der Waals surface area contributed by atoms with Crippen LogP contribution < -0.4 is 0 Å². The molecule has 92 valence electrons. The molecule has 0 fully saturated rings. The lowest BCUT2D eigenvalue weighted by molar-refractivity contribution is 0.0549. The lowest BCUT2D eigenvalue weighted by atomic mass is 10.0. The highest BCUT2D eigenvalue weighted by atomic mass is 16.5. The summed E-state index contributed by atoms with van der Waals surface area (Å²) in [6.45, 7) is 1.47. The van der Waals surface area contributed by atoms with Crippen LogP contribution in [-0.4, -0.2) is 36.4 Å². The monoisotopic (exact) mass is 240 g/mol. The Morgan fingerprint density at radius 2 is 1.53 bits per heavy atom. The minimum Gasteiger partial charge on any atom is -0.507 e. The van der Waals surface area contributed by atoms with Crippen molar-refractivity contribution in [3.8, 4) is 11.5 Å². The Hall–Kier alpha value is -2.24. The molecule has 0 aliphatic carbocycles. The van der Waals surface area contributed by atoms with Gasteiger partial charge in [0.25, 0.3) is 0 Å². The third-order valence-corrected chi connectivity index (χ3v) is 2.25. The number of methoxy groups -OCH3 is 2. The van der Waals surface area contributed by atoms with Gasteiger partial charge < -0.3 is 19.7 Å². The summed E-state index contributed by atoms with van der Waals surface area (Å²) >= 11 is 0. The number of aryl methyl sites for hydroxylation is 1. The largest absolute Gasteiger partial charge is 0.507 e. The number of phenols is 2. The van der Waals surface area contributed by atoms with Gasteiger partial charge in [-0.25, -0.2) is 9.59 Å². The number of benzene rings is 1. The zero-order valence-corrected chi connectivity index (χ0v) is 9.60. The summed E-state index contributed by atoms with van der Waals surface area (Å²) in [6.07, 6.45) is 0. The van der Waals surface area contributed by atoms with Crippen molar-refractivity contribution in [1.82, 2.24) is 0 Å². The first-order valence-corrected chi connectivity index (χ1v) is 4.66. The van der Waals surface area contributed by atoms with Crippen molar-refractivity contribution >= 4 is 11.9 Å². The van der Waals surface area contributed by atoms with E-state index in [1.807, 2.05) is 0 Å². The van der Waals surface area contributed by atoms with E-state index in [0.717, 1.165) is 20.3 Å². The molecular weight excluding hydrogens is 228 g/mol. The van der Waals surface area contributed by atoms with E-state index in [9.17, 15) is 19.8 Å². The third-order valence-electron chi connectivity index (χ3n) is 2.25. The Morgan fingerprint density at radius 3 is 2.00 bits per heavy atom. The van der Waals surface area contributed by atoms with Crippen molar-refractivity contribution in [2.24, 2.45) is 0 Å². The number of esters is 2. The van der Waals surface area contributed by atoms with Gasteiger partial charge in [0, 0.05) is 0 Å². The summed E-state index contributed by atoms with van der Waals surface area (Å²) in [5.74, 6) is -2.73. The predicted molar refractivity (Wildman–Crippen MR) is 57.2 cm³/mol. The van der Waals surface area contributed by atoms with Crippen LogP contribution in [0.3, 0.4) is 0 Å². The van der Waals surface area contributed by atoms with E-state index in [1.165, 1.54) is 6.92 Å². The number of aromatic hydroxyl groups is 2. The van der Waals surface area contributed by atoms with Crippen molar-refractivity contribution in [2.75, 3.05) is 14.2 Å². The highest BCUT2D eigenvalue weighted by Gasteiger charge is 2.27. The summed E-state index contributed by atoms with van der Waals surface area (Å²) in [7, 11) is 2.20. The average Bonchev–Trinajstić information content (AvgIpc) is 2.31. The smallest absolute Gasteiger partial charge is 0.342 e. The van der Waals surface area contributed by atoms with Gasteiger partial charge in [0.2, 0.25) is 0 Å². The van der Waals surface area contributed by atoms with Crippen molar-refractivity contribution in [1.29, 1.82) is 0 Å². The Morgan fingerprint density at radius 1 is 1.06 bits per heavy atom. The number of hydrogen-bond acceptors (Lipinski definition) is 6. The van der Waals surface area contributed by atoms with Gasteiger partial charge in [-0.05, 0) is 18.6 Å². The van der Waals surface area contributed by atoms with E-state index < -0.39 is 34.6 Å². The second kappa shape index (κ2) is 4.73. The fourth-order valence-corrected chi connectivity index (χ4v) is 1.40. The van der Waals surface area contributed by atoms with E-state index in [0.29, 0.717) is 0 Å². The fraction of sp³-hybridized carbons (Fsp3) is 0.273. The van der Waals surface area contributed by atoms with Crippen LogP contribution in [0.5, 0.6) is 11.5 Å². The molecule has 17 heavy (non-hydrogen) atoms. The SMILES string of the molecule is COC(=O)c1c(O)cc(C)c(O)c1C(=O)OC. The third kappa shape index (κ3) is 2.15. The number of rotatable bonds is 2. The average molecular weight is 240 g/mol. The summed E-state index contributed by atoms with van der Waals surface area (Å²) in [5, 5.41) is 19.4. The van der Waals surface area contributed by atoms with E-state index in [4.69, 9.17) is 0 Å². The Kier molecular flexibility index (Phi) is 3.57. The highest BCUT2D eigenvalue weighted by Crippen LogP contribution is 2.33. The molecule has 0 saturated carbocycles. The van der Waals surface area contributed by atoms with E-state index in [1.54, 1.807) is 0 Å². The van der Waals surface area contributed by atoms with Gasteiger partial charge in [0.05, 0.1) is 14.2 Å². The Balaban J connectivity index is 3.61. The van der Waals surface area contributed by atoms with Crippen LogP contribution in [0, 0.1) is 6.92 Å². The molecule has 1 aromatic carbocycles. The lowest BCUT2D eigenvalue weighted by Gasteiger charge is -2.12. The number of phenolic OH excluding ortho intramolecular Hbond substituents is 2. The minimum atomic E-state index is -0.932. The van der Waals surface area contributed by atoms with Gasteiger partial charge in [0.1, 0.15) is 22.6 Å². The lowest BCUT2D eigenvalue weighted by Crippen LogP contribution is -2.13. The zero-order chi connectivity index (χ0) is 13.2. The molecule has 0 bridgehead atoms. The van der Waals surface area contributed by atoms with Crippen LogP contribution in [0.25, 0.3) is 0 Å². The quantitative estimate of drug-likeness (QED) is 0.591. The van der Waals surface area contributed by atoms with Gasteiger partial charge in [0.15, 0.2) is 0 Å². The maximum atomic E-state index is 11.5. The van der Waals surface area contributed by atoms with Crippen LogP contribution in [0.1, 0.15) is 26.3 Å².